The van der Waals surface area contributed by atoms with Crippen LogP contribution in [0.4, 0.5) is 0 Å². The molecule has 2 rings (SSSR count). The van der Waals surface area contributed by atoms with Crippen LogP contribution in [0.3, 0.4) is 0 Å². The minimum absolute atomic E-state index is 0.336. The first-order valence-corrected chi connectivity index (χ1v) is 7.13. The van der Waals surface area contributed by atoms with Crippen LogP contribution in [0.15, 0.2) is 40.1 Å². The van der Waals surface area contributed by atoms with Crippen molar-refractivity contribution in [1.29, 1.82) is 0 Å². The Morgan fingerprint density at radius 3 is 2.42 bits per heavy atom. The first-order chi connectivity index (χ1) is 8.97. The fourth-order valence-electron chi connectivity index (χ4n) is 1.80. The van der Waals surface area contributed by atoms with Gasteiger partial charge in [-0.25, -0.2) is 4.79 Å². The second-order valence-electron chi connectivity index (χ2n) is 4.76. The third kappa shape index (κ3) is 3.34. The molecule has 0 spiro atoms. The molecule has 0 aliphatic rings. The van der Waals surface area contributed by atoms with Gasteiger partial charge in [0.05, 0.1) is 10.1 Å². The van der Waals surface area contributed by atoms with Crippen molar-refractivity contribution >= 4 is 22.6 Å². The minimum atomic E-state index is -0.377. The maximum atomic E-state index is 11.7. The molecular formula is C14H15IN2O2. The van der Waals surface area contributed by atoms with E-state index in [1.165, 1.54) is 10.1 Å². The zero-order valence-corrected chi connectivity index (χ0v) is 13.0. The number of benzene rings is 1. The van der Waals surface area contributed by atoms with Crippen LogP contribution in [-0.4, -0.2) is 9.55 Å². The van der Waals surface area contributed by atoms with Gasteiger partial charge in [0.1, 0.15) is 0 Å². The summed E-state index contributed by atoms with van der Waals surface area (Å²) in [5, 5.41) is 0. The number of hydrogen-bond donors (Lipinski definition) is 1. The van der Waals surface area contributed by atoms with Crippen molar-refractivity contribution in [2.24, 2.45) is 0 Å². The van der Waals surface area contributed by atoms with E-state index in [0.29, 0.717) is 16.0 Å². The molecule has 0 saturated carbocycles. The molecule has 0 atom stereocenters. The fraction of sp³-hybridized carbons (Fsp3) is 0.286. The topological polar surface area (TPSA) is 54.9 Å². The van der Waals surface area contributed by atoms with E-state index in [1.807, 2.05) is 34.7 Å². The molecule has 4 nitrogen and oxygen atoms in total. The van der Waals surface area contributed by atoms with E-state index < -0.39 is 0 Å². The normalized spacial score (nSPS) is 10.9. The van der Waals surface area contributed by atoms with E-state index in [9.17, 15) is 9.59 Å². The van der Waals surface area contributed by atoms with Crippen LogP contribution < -0.4 is 11.2 Å². The smallest absolute Gasteiger partial charge is 0.295 e. The molecular weight excluding hydrogens is 355 g/mol. The van der Waals surface area contributed by atoms with Gasteiger partial charge < -0.3 is 0 Å². The van der Waals surface area contributed by atoms with Crippen molar-refractivity contribution in [2.75, 3.05) is 0 Å². The van der Waals surface area contributed by atoms with Crippen molar-refractivity contribution in [1.82, 2.24) is 9.55 Å². The first-order valence-electron chi connectivity index (χ1n) is 6.05. The Bertz CT molecular complexity index is 684. The summed E-state index contributed by atoms with van der Waals surface area (Å²) in [6.07, 6.45) is 1.58. The van der Waals surface area contributed by atoms with Gasteiger partial charge >= 0.3 is 5.69 Å². The van der Waals surface area contributed by atoms with Crippen molar-refractivity contribution < 1.29 is 0 Å². The molecule has 0 amide bonds. The molecule has 19 heavy (non-hydrogen) atoms. The zero-order chi connectivity index (χ0) is 14.0. The average molecular weight is 370 g/mol. The maximum Gasteiger partial charge on any atom is 0.328 e. The minimum Gasteiger partial charge on any atom is -0.295 e. The van der Waals surface area contributed by atoms with Gasteiger partial charge in [0.25, 0.3) is 5.56 Å². The molecule has 0 unspecified atom stereocenters. The monoisotopic (exact) mass is 370 g/mol. The van der Waals surface area contributed by atoms with E-state index in [4.69, 9.17) is 0 Å². The SMILES string of the molecule is CC(C)c1ccc(Cn2cc(I)c(=O)[nH]c2=O)cc1. The summed E-state index contributed by atoms with van der Waals surface area (Å²) in [6.45, 7) is 4.75. The Kier molecular flexibility index (Phi) is 4.24. The molecule has 0 bridgehead atoms. The molecule has 1 aromatic heterocycles. The lowest BCUT2D eigenvalue weighted by atomic mass is 10.0. The predicted molar refractivity (Wildman–Crippen MR) is 83.7 cm³/mol. The van der Waals surface area contributed by atoms with Gasteiger partial charge in [0, 0.05) is 6.20 Å². The highest BCUT2D eigenvalue weighted by atomic mass is 127. The number of aromatic amines is 1. The third-order valence-corrected chi connectivity index (χ3v) is 3.74. The molecule has 0 saturated heterocycles. The lowest BCUT2D eigenvalue weighted by Gasteiger charge is -2.08. The Hall–Kier alpha value is -1.37. The van der Waals surface area contributed by atoms with Crippen LogP contribution in [0.1, 0.15) is 30.9 Å². The van der Waals surface area contributed by atoms with Gasteiger partial charge in [-0.2, -0.15) is 0 Å². The zero-order valence-electron chi connectivity index (χ0n) is 10.8. The number of H-pyrrole nitrogens is 1. The fourth-order valence-corrected chi connectivity index (χ4v) is 2.28. The standard InChI is InChI=1S/C14H15IN2O2/c1-9(2)11-5-3-10(4-6-11)7-17-8-12(15)13(18)16-14(17)19/h3-6,8-9H,7H2,1-2H3,(H,16,18,19). The lowest BCUT2D eigenvalue weighted by Crippen LogP contribution is -2.31. The van der Waals surface area contributed by atoms with Crippen LogP contribution in [0, 0.1) is 3.57 Å². The summed E-state index contributed by atoms with van der Waals surface area (Å²) in [6, 6.07) is 8.17. The number of nitrogens with zero attached hydrogens (tertiary/aromatic N) is 1. The molecule has 1 heterocycles. The van der Waals surface area contributed by atoms with Gasteiger partial charge in [-0.1, -0.05) is 38.1 Å². The highest BCUT2D eigenvalue weighted by Gasteiger charge is 2.04. The van der Waals surface area contributed by atoms with Gasteiger partial charge in [-0.15, -0.1) is 0 Å². The van der Waals surface area contributed by atoms with Gasteiger partial charge in [0.15, 0.2) is 0 Å². The predicted octanol–water partition coefficient (Wildman–Crippen LogP) is 2.31. The molecule has 100 valence electrons. The van der Waals surface area contributed by atoms with Crippen molar-refractivity contribution in [3.8, 4) is 0 Å². The molecule has 1 aromatic carbocycles. The number of halogens is 1. The van der Waals surface area contributed by atoms with Crippen LogP contribution in [-0.2, 0) is 6.54 Å². The summed E-state index contributed by atoms with van der Waals surface area (Å²) in [5.41, 5.74) is 1.59. The van der Waals surface area contributed by atoms with E-state index in [0.717, 1.165) is 5.56 Å². The van der Waals surface area contributed by atoms with Crippen LogP contribution in [0.25, 0.3) is 0 Å². The summed E-state index contributed by atoms with van der Waals surface area (Å²) in [4.78, 5) is 25.3. The molecule has 2 aromatic rings. The number of nitrogens with one attached hydrogen (secondary N) is 1. The average Bonchev–Trinajstić information content (AvgIpc) is 2.36. The highest BCUT2D eigenvalue weighted by Crippen LogP contribution is 2.14. The summed E-state index contributed by atoms with van der Waals surface area (Å²) < 4.78 is 2.02. The van der Waals surface area contributed by atoms with Gasteiger partial charge in [-0.3, -0.25) is 14.3 Å². The molecule has 1 N–H and O–H groups in total. The van der Waals surface area contributed by atoms with E-state index >= 15 is 0 Å². The van der Waals surface area contributed by atoms with Crippen LogP contribution >= 0.6 is 22.6 Å². The first kappa shape index (κ1) is 14.0. The quantitative estimate of drug-likeness (QED) is 0.844. The molecule has 0 aliphatic heterocycles. The van der Waals surface area contributed by atoms with E-state index in [1.54, 1.807) is 6.20 Å². The molecule has 0 radical (unpaired) electrons. The Balaban J connectivity index is 2.29. The second kappa shape index (κ2) is 5.73. The van der Waals surface area contributed by atoms with Crippen molar-refractivity contribution in [2.45, 2.75) is 26.3 Å². The van der Waals surface area contributed by atoms with E-state index in [-0.39, 0.29) is 11.2 Å². The summed E-state index contributed by atoms with van der Waals surface area (Å²) in [5.74, 6) is 0.491. The molecule has 0 aliphatic carbocycles. The van der Waals surface area contributed by atoms with Gasteiger partial charge in [0.2, 0.25) is 0 Å². The van der Waals surface area contributed by atoms with Crippen molar-refractivity contribution in [3.63, 3.8) is 0 Å². The second-order valence-corrected chi connectivity index (χ2v) is 5.92. The summed E-state index contributed by atoms with van der Waals surface area (Å²) in [7, 11) is 0. The lowest BCUT2D eigenvalue weighted by molar-refractivity contribution is 0.714. The summed E-state index contributed by atoms with van der Waals surface area (Å²) >= 11 is 1.92. The highest BCUT2D eigenvalue weighted by molar-refractivity contribution is 14.1. The maximum absolute atomic E-state index is 11.7. The number of rotatable bonds is 3. The van der Waals surface area contributed by atoms with Crippen LogP contribution in [0.2, 0.25) is 0 Å². The Labute approximate surface area is 124 Å². The van der Waals surface area contributed by atoms with Crippen molar-refractivity contribution in [3.05, 3.63) is 66.0 Å². The molecule has 0 fully saturated rings. The van der Waals surface area contributed by atoms with Crippen LogP contribution in [0.5, 0.6) is 0 Å². The third-order valence-electron chi connectivity index (χ3n) is 2.97. The van der Waals surface area contributed by atoms with E-state index in [2.05, 4.69) is 31.0 Å². The number of hydrogen-bond acceptors (Lipinski definition) is 2. The van der Waals surface area contributed by atoms with Gasteiger partial charge in [-0.05, 0) is 39.6 Å². The number of aromatic nitrogens is 2. The largest absolute Gasteiger partial charge is 0.328 e. The molecule has 5 heteroatoms. The Morgan fingerprint density at radius 1 is 1.21 bits per heavy atom. The Morgan fingerprint density at radius 2 is 1.84 bits per heavy atom.